The van der Waals surface area contributed by atoms with E-state index in [0.29, 0.717) is 0 Å². The Morgan fingerprint density at radius 3 is 2.67 bits per heavy atom. The quantitative estimate of drug-likeness (QED) is 0.572. The van der Waals surface area contributed by atoms with Crippen LogP contribution in [-0.2, 0) is 0 Å². The predicted octanol–water partition coefficient (Wildman–Crippen LogP) is 1.86. The number of allylic oxidation sites excluding steroid dienone is 3. The smallest absolute Gasteiger partial charge is 0.00399 e. The van der Waals surface area contributed by atoms with E-state index in [1.165, 1.54) is 5.57 Å². The van der Waals surface area contributed by atoms with Gasteiger partial charge in [0.1, 0.15) is 0 Å². The highest BCUT2D eigenvalue weighted by Gasteiger charge is 1.81. The Kier molecular flexibility index (Phi) is 5.23. The van der Waals surface area contributed by atoms with Gasteiger partial charge in [0.2, 0.25) is 0 Å². The standard InChI is InChI=1S/C8H15N/c1-3-4-5-8(2)6-7-9/h3-5H,6-7,9H2,1-2H3. The third-order valence-corrected chi connectivity index (χ3v) is 1.11. The van der Waals surface area contributed by atoms with E-state index in [0.717, 1.165) is 13.0 Å². The van der Waals surface area contributed by atoms with Crippen molar-refractivity contribution in [3.63, 3.8) is 0 Å². The first-order chi connectivity index (χ1) is 4.31. The maximum absolute atomic E-state index is 5.34. The molecule has 0 rings (SSSR count). The van der Waals surface area contributed by atoms with E-state index in [1.54, 1.807) is 0 Å². The van der Waals surface area contributed by atoms with Crippen LogP contribution in [-0.4, -0.2) is 6.54 Å². The van der Waals surface area contributed by atoms with E-state index >= 15 is 0 Å². The van der Waals surface area contributed by atoms with Crippen molar-refractivity contribution < 1.29 is 0 Å². The van der Waals surface area contributed by atoms with Crippen LogP contribution in [0.1, 0.15) is 20.3 Å². The van der Waals surface area contributed by atoms with Crippen molar-refractivity contribution in [2.24, 2.45) is 5.73 Å². The molecule has 9 heavy (non-hydrogen) atoms. The lowest BCUT2D eigenvalue weighted by molar-refractivity contribution is 0.950. The summed E-state index contributed by atoms with van der Waals surface area (Å²) in [5, 5.41) is 0. The van der Waals surface area contributed by atoms with Gasteiger partial charge in [0.25, 0.3) is 0 Å². The van der Waals surface area contributed by atoms with Crippen molar-refractivity contribution in [2.45, 2.75) is 20.3 Å². The molecule has 0 spiro atoms. The zero-order valence-corrected chi connectivity index (χ0v) is 6.22. The average molecular weight is 125 g/mol. The lowest BCUT2D eigenvalue weighted by atomic mass is 10.2. The third-order valence-electron chi connectivity index (χ3n) is 1.11. The zero-order valence-electron chi connectivity index (χ0n) is 6.22. The van der Waals surface area contributed by atoms with E-state index in [4.69, 9.17) is 5.73 Å². The first kappa shape index (κ1) is 8.44. The Labute approximate surface area is 57.3 Å². The van der Waals surface area contributed by atoms with Gasteiger partial charge >= 0.3 is 0 Å². The van der Waals surface area contributed by atoms with Crippen LogP contribution in [0.3, 0.4) is 0 Å². The maximum atomic E-state index is 5.34. The molecule has 0 aromatic heterocycles. The van der Waals surface area contributed by atoms with Gasteiger partial charge in [-0.25, -0.2) is 0 Å². The fraction of sp³-hybridized carbons (Fsp3) is 0.500. The molecule has 0 saturated carbocycles. The Morgan fingerprint density at radius 2 is 2.22 bits per heavy atom. The molecule has 0 aliphatic rings. The van der Waals surface area contributed by atoms with Crippen molar-refractivity contribution in [3.8, 4) is 0 Å². The molecule has 1 nitrogen and oxygen atoms in total. The summed E-state index contributed by atoms with van der Waals surface area (Å²) in [6.45, 7) is 4.85. The summed E-state index contributed by atoms with van der Waals surface area (Å²) in [6.07, 6.45) is 7.14. The summed E-state index contributed by atoms with van der Waals surface area (Å²) in [5.74, 6) is 0. The topological polar surface area (TPSA) is 26.0 Å². The summed E-state index contributed by atoms with van der Waals surface area (Å²) >= 11 is 0. The van der Waals surface area contributed by atoms with E-state index in [-0.39, 0.29) is 0 Å². The fourth-order valence-electron chi connectivity index (χ4n) is 0.571. The highest BCUT2D eigenvalue weighted by Crippen LogP contribution is 1.96. The van der Waals surface area contributed by atoms with Crippen LogP contribution in [0.15, 0.2) is 23.8 Å². The molecule has 0 unspecified atom stereocenters. The van der Waals surface area contributed by atoms with Crippen LogP contribution in [0.5, 0.6) is 0 Å². The Balaban J connectivity index is 3.55. The van der Waals surface area contributed by atoms with Crippen LogP contribution in [0.25, 0.3) is 0 Å². The van der Waals surface area contributed by atoms with Gasteiger partial charge in [-0.2, -0.15) is 0 Å². The lowest BCUT2D eigenvalue weighted by Crippen LogP contribution is -1.97. The number of rotatable bonds is 3. The molecule has 0 saturated heterocycles. The fourth-order valence-corrected chi connectivity index (χ4v) is 0.571. The van der Waals surface area contributed by atoms with E-state index < -0.39 is 0 Å². The lowest BCUT2D eigenvalue weighted by Gasteiger charge is -1.92. The van der Waals surface area contributed by atoms with Crippen LogP contribution in [0.2, 0.25) is 0 Å². The van der Waals surface area contributed by atoms with Crippen LogP contribution < -0.4 is 5.73 Å². The minimum atomic E-state index is 0.750. The molecule has 0 aliphatic carbocycles. The van der Waals surface area contributed by atoms with E-state index in [2.05, 4.69) is 13.0 Å². The van der Waals surface area contributed by atoms with Gasteiger partial charge in [-0.15, -0.1) is 0 Å². The van der Waals surface area contributed by atoms with Crippen molar-refractivity contribution in [3.05, 3.63) is 23.8 Å². The summed E-state index contributed by atoms with van der Waals surface area (Å²) in [6, 6.07) is 0. The van der Waals surface area contributed by atoms with Gasteiger partial charge in [-0.05, 0) is 26.8 Å². The summed E-state index contributed by atoms with van der Waals surface area (Å²) in [7, 11) is 0. The predicted molar refractivity (Wildman–Crippen MR) is 42.2 cm³/mol. The Morgan fingerprint density at radius 1 is 1.56 bits per heavy atom. The van der Waals surface area contributed by atoms with Gasteiger partial charge in [0, 0.05) is 0 Å². The van der Waals surface area contributed by atoms with Gasteiger partial charge in [-0.1, -0.05) is 23.8 Å². The third kappa shape index (κ3) is 5.31. The van der Waals surface area contributed by atoms with E-state index in [9.17, 15) is 0 Å². The van der Waals surface area contributed by atoms with Crippen molar-refractivity contribution in [2.75, 3.05) is 6.54 Å². The largest absolute Gasteiger partial charge is 0.330 e. The molecule has 0 aromatic rings. The van der Waals surface area contributed by atoms with Crippen molar-refractivity contribution >= 4 is 0 Å². The molecule has 0 atom stereocenters. The normalized spacial score (nSPS) is 13.0. The number of nitrogens with two attached hydrogens (primary N) is 1. The SMILES string of the molecule is CC=CC=C(C)CCN. The first-order valence-electron chi connectivity index (χ1n) is 3.29. The molecule has 0 radical (unpaired) electrons. The monoisotopic (exact) mass is 125 g/mol. The van der Waals surface area contributed by atoms with Crippen LogP contribution in [0, 0.1) is 0 Å². The molecule has 0 aliphatic heterocycles. The van der Waals surface area contributed by atoms with Gasteiger partial charge in [-0.3, -0.25) is 0 Å². The van der Waals surface area contributed by atoms with Gasteiger partial charge < -0.3 is 5.73 Å². The van der Waals surface area contributed by atoms with Gasteiger partial charge in [0.15, 0.2) is 0 Å². The Hall–Kier alpha value is -0.560. The maximum Gasteiger partial charge on any atom is -0.00399 e. The molecule has 1 heteroatoms. The average Bonchev–Trinajstić information content (AvgIpc) is 1.85. The highest BCUT2D eigenvalue weighted by molar-refractivity contribution is 5.09. The molecule has 0 amide bonds. The molecule has 2 N–H and O–H groups in total. The second-order valence-electron chi connectivity index (χ2n) is 2.08. The van der Waals surface area contributed by atoms with E-state index in [1.807, 2.05) is 19.1 Å². The molecule has 0 bridgehead atoms. The molecule has 0 aromatic carbocycles. The summed E-state index contributed by atoms with van der Waals surface area (Å²) in [5.41, 5.74) is 6.68. The minimum Gasteiger partial charge on any atom is -0.330 e. The molecular formula is C8H15N. The van der Waals surface area contributed by atoms with Crippen LogP contribution >= 0.6 is 0 Å². The second kappa shape index (κ2) is 5.57. The molecule has 0 heterocycles. The zero-order chi connectivity index (χ0) is 7.11. The number of hydrogen-bond acceptors (Lipinski definition) is 1. The highest BCUT2D eigenvalue weighted by atomic mass is 14.5. The second-order valence-corrected chi connectivity index (χ2v) is 2.08. The summed E-state index contributed by atoms with van der Waals surface area (Å²) in [4.78, 5) is 0. The first-order valence-corrected chi connectivity index (χ1v) is 3.29. The Bertz CT molecular complexity index is 112. The van der Waals surface area contributed by atoms with Gasteiger partial charge in [0.05, 0.1) is 0 Å². The molecule has 52 valence electrons. The number of hydrogen-bond donors (Lipinski definition) is 1. The minimum absolute atomic E-state index is 0.750. The molecular weight excluding hydrogens is 110 g/mol. The van der Waals surface area contributed by atoms with Crippen molar-refractivity contribution in [1.29, 1.82) is 0 Å². The summed E-state index contributed by atoms with van der Waals surface area (Å²) < 4.78 is 0. The van der Waals surface area contributed by atoms with Crippen molar-refractivity contribution in [1.82, 2.24) is 0 Å². The molecule has 0 fully saturated rings. The van der Waals surface area contributed by atoms with Crippen LogP contribution in [0.4, 0.5) is 0 Å².